The summed E-state index contributed by atoms with van der Waals surface area (Å²) in [5.74, 6) is 0.590. The lowest BCUT2D eigenvalue weighted by Crippen LogP contribution is -2.26. The molecule has 1 aliphatic carbocycles. The predicted molar refractivity (Wildman–Crippen MR) is 47.9 cm³/mol. The van der Waals surface area contributed by atoms with E-state index in [9.17, 15) is 4.79 Å². The van der Waals surface area contributed by atoms with Gasteiger partial charge in [0, 0.05) is 0 Å². The number of carboxylic acid groups (broad SMARTS) is 1. The lowest BCUT2D eigenvalue weighted by atomic mass is 9.83. The first kappa shape index (κ1) is 9.56. The number of rotatable bonds is 2. The second-order valence-corrected chi connectivity index (χ2v) is 4.33. The van der Waals surface area contributed by atoms with Gasteiger partial charge in [0.2, 0.25) is 0 Å². The molecule has 2 nitrogen and oxygen atoms in total. The van der Waals surface area contributed by atoms with Crippen LogP contribution in [-0.4, -0.2) is 11.1 Å². The average molecular weight is 170 g/mol. The Kier molecular flexibility index (Phi) is 2.76. The zero-order valence-electron chi connectivity index (χ0n) is 8.08. The molecule has 3 unspecified atom stereocenters. The normalized spacial score (nSPS) is 35.8. The highest BCUT2D eigenvalue weighted by molar-refractivity contribution is 5.71. The highest BCUT2D eigenvalue weighted by Crippen LogP contribution is 2.40. The van der Waals surface area contributed by atoms with Crippen molar-refractivity contribution < 1.29 is 9.90 Å². The minimum absolute atomic E-state index is 0.0926. The van der Waals surface area contributed by atoms with Crippen molar-refractivity contribution in [3.8, 4) is 0 Å². The van der Waals surface area contributed by atoms with Crippen LogP contribution < -0.4 is 0 Å². The van der Waals surface area contributed by atoms with Gasteiger partial charge in [-0.1, -0.05) is 20.8 Å². The topological polar surface area (TPSA) is 37.3 Å². The molecule has 3 atom stereocenters. The molecule has 0 aliphatic heterocycles. The van der Waals surface area contributed by atoms with Gasteiger partial charge >= 0.3 is 5.97 Å². The molecule has 0 aromatic heterocycles. The second kappa shape index (κ2) is 3.46. The Bertz CT molecular complexity index is 175. The monoisotopic (exact) mass is 170 g/mol. The summed E-state index contributed by atoms with van der Waals surface area (Å²) in [4.78, 5) is 10.9. The maximum Gasteiger partial charge on any atom is 0.307 e. The van der Waals surface area contributed by atoms with Gasteiger partial charge in [-0.2, -0.15) is 0 Å². The summed E-state index contributed by atoms with van der Waals surface area (Å²) >= 11 is 0. The van der Waals surface area contributed by atoms with Crippen molar-refractivity contribution in [2.45, 2.75) is 33.6 Å². The van der Waals surface area contributed by atoms with Crippen LogP contribution in [0.3, 0.4) is 0 Å². The Balaban J connectivity index is 2.70. The number of hydrogen-bond donors (Lipinski definition) is 1. The van der Waals surface area contributed by atoms with Crippen molar-refractivity contribution in [1.82, 2.24) is 0 Å². The number of carbonyl (C=O) groups is 1. The van der Waals surface area contributed by atoms with E-state index in [1.165, 1.54) is 0 Å². The van der Waals surface area contributed by atoms with Crippen molar-refractivity contribution in [2.75, 3.05) is 0 Å². The van der Waals surface area contributed by atoms with Crippen LogP contribution in [0.1, 0.15) is 33.6 Å². The van der Waals surface area contributed by atoms with E-state index in [0.717, 1.165) is 12.8 Å². The first-order chi connectivity index (χ1) is 5.54. The van der Waals surface area contributed by atoms with Crippen LogP contribution in [-0.2, 0) is 4.79 Å². The maximum atomic E-state index is 10.9. The van der Waals surface area contributed by atoms with E-state index >= 15 is 0 Å². The average Bonchev–Trinajstić information content (AvgIpc) is 2.30. The van der Waals surface area contributed by atoms with Crippen LogP contribution in [0.25, 0.3) is 0 Å². The molecule has 70 valence electrons. The van der Waals surface area contributed by atoms with E-state index in [1.54, 1.807) is 0 Å². The molecule has 1 N–H and O–H groups in total. The fraction of sp³-hybridized carbons (Fsp3) is 0.900. The van der Waals surface area contributed by atoms with Crippen molar-refractivity contribution in [3.63, 3.8) is 0 Å². The Hall–Kier alpha value is -0.530. The lowest BCUT2D eigenvalue weighted by Gasteiger charge is -2.21. The molecule has 0 heterocycles. The van der Waals surface area contributed by atoms with Gasteiger partial charge in [-0.3, -0.25) is 4.79 Å². The molecule has 0 spiro atoms. The van der Waals surface area contributed by atoms with E-state index < -0.39 is 5.97 Å². The van der Waals surface area contributed by atoms with Crippen LogP contribution >= 0.6 is 0 Å². The van der Waals surface area contributed by atoms with Crippen LogP contribution in [0, 0.1) is 23.7 Å². The Labute approximate surface area is 74.0 Å². The molecule has 0 radical (unpaired) electrons. The Morgan fingerprint density at radius 3 is 2.33 bits per heavy atom. The Morgan fingerprint density at radius 2 is 2.00 bits per heavy atom. The first-order valence-electron chi connectivity index (χ1n) is 4.76. The molecular formula is C10H18O2. The maximum absolute atomic E-state index is 10.9. The SMILES string of the molecule is CC(C)C1CCC(C)C1C(=O)O. The molecule has 1 aliphatic rings. The number of hydrogen-bond acceptors (Lipinski definition) is 1. The van der Waals surface area contributed by atoms with Gasteiger partial charge in [0.25, 0.3) is 0 Å². The molecule has 0 saturated heterocycles. The zero-order valence-corrected chi connectivity index (χ0v) is 8.08. The third kappa shape index (κ3) is 1.62. The molecule has 0 amide bonds. The Morgan fingerprint density at radius 1 is 1.42 bits per heavy atom. The molecule has 0 aromatic carbocycles. The van der Waals surface area contributed by atoms with Gasteiger partial charge in [-0.05, 0) is 30.6 Å². The second-order valence-electron chi connectivity index (χ2n) is 4.33. The number of carboxylic acids is 1. The van der Waals surface area contributed by atoms with E-state index in [4.69, 9.17) is 5.11 Å². The smallest absolute Gasteiger partial charge is 0.307 e. The van der Waals surface area contributed by atoms with E-state index in [0.29, 0.717) is 17.8 Å². The van der Waals surface area contributed by atoms with Gasteiger partial charge < -0.3 is 5.11 Å². The lowest BCUT2D eigenvalue weighted by molar-refractivity contribution is -0.144. The van der Waals surface area contributed by atoms with E-state index in [-0.39, 0.29) is 5.92 Å². The number of aliphatic carboxylic acids is 1. The van der Waals surface area contributed by atoms with Crippen LogP contribution in [0.4, 0.5) is 0 Å². The zero-order chi connectivity index (χ0) is 9.30. The highest BCUT2D eigenvalue weighted by Gasteiger charge is 2.39. The summed E-state index contributed by atoms with van der Waals surface area (Å²) in [6.45, 7) is 6.30. The molecule has 0 bridgehead atoms. The van der Waals surface area contributed by atoms with Gasteiger partial charge in [-0.25, -0.2) is 0 Å². The largest absolute Gasteiger partial charge is 0.481 e. The van der Waals surface area contributed by atoms with Crippen LogP contribution in [0.15, 0.2) is 0 Å². The quantitative estimate of drug-likeness (QED) is 0.691. The van der Waals surface area contributed by atoms with Crippen molar-refractivity contribution in [3.05, 3.63) is 0 Å². The van der Waals surface area contributed by atoms with Crippen molar-refractivity contribution in [1.29, 1.82) is 0 Å². The van der Waals surface area contributed by atoms with Gasteiger partial charge in [0.15, 0.2) is 0 Å². The molecule has 1 rings (SSSR count). The molecule has 12 heavy (non-hydrogen) atoms. The standard InChI is InChI=1S/C10H18O2/c1-6(2)8-5-4-7(3)9(8)10(11)12/h6-9H,4-5H2,1-3H3,(H,11,12). The van der Waals surface area contributed by atoms with Crippen molar-refractivity contribution >= 4 is 5.97 Å². The predicted octanol–water partition coefficient (Wildman–Crippen LogP) is 2.39. The third-order valence-corrected chi connectivity index (χ3v) is 3.17. The van der Waals surface area contributed by atoms with Crippen molar-refractivity contribution in [2.24, 2.45) is 23.7 Å². The summed E-state index contributed by atoms with van der Waals surface area (Å²) < 4.78 is 0. The van der Waals surface area contributed by atoms with Crippen LogP contribution in [0.5, 0.6) is 0 Å². The van der Waals surface area contributed by atoms with E-state index in [2.05, 4.69) is 20.8 Å². The summed E-state index contributed by atoms with van der Waals surface area (Å²) in [6, 6.07) is 0. The summed E-state index contributed by atoms with van der Waals surface area (Å²) in [6.07, 6.45) is 2.18. The minimum atomic E-state index is -0.598. The summed E-state index contributed by atoms with van der Waals surface area (Å²) in [7, 11) is 0. The molecular weight excluding hydrogens is 152 g/mol. The summed E-state index contributed by atoms with van der Waals surface area (Å²) in [5, 5.41) is 9.00. The molecule has 1 saturated carbocycles. The first-order valence-corrected chi connectivity index (χ1v) is 4.76. The molecule has 1 fully saturated rings. The van der Waals surface area contributed by atoms with Gasteiger partial charge in [0.05, 0.1) is 5.92 Å². The fourth-order valence-corrected chi connectivity index (χ4v) is 2.41. The fourth-order valence-electron chi connectivity index (χ4n) is 2.41. The minimum Gasteiger partial charge on any atom is -0.481 e. The van der Waals surface area contributed by atoms with E-state index in [1.807, 2.05) is 0 Å². The molecule has 0 aromatic rings. The van der Waals surface area contributed by atoms with Gasteiger partial charge in [-0.15, -0.1) is 0 Å². The molecule has 2 heteroatoms. The third-order valence-electron chi connectivity index (χ3n) is 3.17. The van der Waals surface area contributed by atoms with Gasteiger partial charge in [0.1, 0.15) is 0 Å². The highest BCUT2D eigenvalue weighted by atomic mass is 16.4. The van der Waals surface area contributed by atoms with Crippen LogP contribution in [0.2, 0.25) is 0 Å². The summed E-state index contributed by atoms with van der Waals surface area (Å²) in [5.41, 5.74) is 0.